The van der Waals surface area contributed by atoms with Gasteiger partial charge in [0.05, 0.1) is 12.3 Å². The molecule has 7 heteroatoms. The van der Waals surface area contributed by atoms with Crippen molar-refractivity contribution in [1.29, 1.82) is 0 Å². The number of nitrogens with zero attached hydrogens (tertiary/aromatic N) is 3. The van der Waals surface area contributed by atoms with E-state index in [2.05, 4.69) is 21.8 Å². The Balaban J connectivity index is 1.40. The van der Waals surface area contributed by atoms with Crippen LogP contribution in [0.1, 0.15) is 36.8 Å². The van der Waals surface area contributed by atoms with Gasteiger partial charge in [-0.15, -0.1) is 0 Å². The number of rotatable bonds is 5. The standard InChI is InChI=1S/C22H28FN3O3/c1-14-8-18(9-15(2)24-14)29-13-17-5-4-16(3)26(11-17)12-20-19(23)10-21-22(25-20)28-7-6-27-21/h8-10,16-17H,4-7,11-13H2,1-3H3/t16-,17-/m1/s1. The van der Waals surface area contributed by atoms with E-state index in [4.69, 9.17) is 14.2 Å². The van der Waals surface area contributed by atoms with Crippen LogP contribution in [0.5, 0.6) is 17.4 Å². The van der Waals surface area contributed by atoms with Crippen molar-refractivity contribution >= 4 is 0 Å². The number of ether oxygens (including phenoxy) is 3. The predicted octanol–water partition coefficient (Wildman–Crippen LogP) is 3.68. The van der Waals surface area contributed by atoms with Gasteiger partial charge in [-0.25, -0.2) is 9.37 Å². The summed E-state index contributed by atoms with van der Waals surface area (Å²) in [5, 5.41) is 0. The Labute approximate surface area is 171 Å². The molecule has 0 aromatic carbocycles. The molecule has 29 heavy (non-hydrogen) atoms. The molecule has 4 heterocycles. The SMILES string of the molecule is Cc1cc(OC[C@@H]2CC[C@@H](C)N(Cc3nc4c(cc3F)OCCO4)C2)cc(C)n1. The number of fused-ring (bicyclic) bond motifs is 1. The highest BCUT2D eigenvalue weighted by Crippen LogP contribution is 2.31. The molecular weight excluding hydrogens is 373 g/mol. The Bertz CT molecular complexity index is 856. The van der Waals surface area contributed by atoms with Gasteiger partial charge < -0.3 is 14.2 Å². The normalized spacial score (nSPS) is 21.8. The summed E-state index contributed by atoms with van der Waals surface area (Å²) >= 11 is 0. The van der Waals surface area contributed by atoms with Crippen molar-refractivity contribution < 1.29 is 18.6 Å². The van der Waals surface area contributed by atoms with E-state index in [9.17, 15) is 4.39 Å². The molecule has 2 aromatic rings. The third-order valence-corrected chi connectivity index (χ3v) is 5.56. The van der Waals surface area contributed by atoms with Crippen LogP contribution in [0, 0.1) is 25.6 Å². The van der Waals surface area contributed by atoms with Gasteiger partial charge in [0.1, 0.15) is 24.8 Å². The molecule has 1 fully saturated rings. The van der Waals surface area contributed by atoms with Crippen molar-refractivity contribution in [2.45, 2.75) is 46.2 Å². The van der Waals surface area contributed by atoms with Crippen LogP contribution in [0.15, 0.2) is 18.2 Å². The maximum absolute atomic E-state index is 14.5. The van der Waals surface area contributed by atoms with Crippen molar-refractivity contribution in [1.82, 2.24) is 14.9 Å². The molecule has 2 aliphatic rings. The van der Waals surface area contributed by atoms with Crippen molar-refractivity contribution in [3.63, 3.8) is 0 Å². The molecule has 0 amide bonds. The summed E-state index contributed by atoms with van der Waals surface area (Å²) in [6.07, 6.45) is 2.15. The molecule has 0 radical (unpaired) electrons. The van der Waals surface area contributed by atoms with E-state index < -0.39 is 0 Å². The number of pyridine rings is 2. The minimum absolute atomic E-state index is 0.345. The van der Waals surface area contributed by atoms with E-state index in [1.54, 1.807) is 0 Å². The summed E-state index contributed by atoms with van der Waals surface area (Å²) in [6.45, 7) is 8.93. The first-order valence-electron chi connectivity index (χ1n) is 10.2. The lowest BCUT2D eigenvalue weighted by Gasteiger charge is -2.37. The molecule has 0 unspecified atom stereocenters. The molecule has 156 valence electrons. The molecule has 0 N–H and O–H groups in total. The summed E-state index contributed by atoms with van der Waals surface area (Å²) in [5.74, 6) is 1.68. The van der Waals surface area contributed by atoms with Crippen LogP contribution in [-0.4, -0.2) is 47.3 Å². The van der Waals surface area contributed by atoms with Gasteiger partial charge in [-0.2, -0.15) is 0 Å². The van der Waals surface area contributed by atoms with Crippen LogP contribution in [-0.2, 0) is 6.54 Å². The second kappa shape index (κ2) is 8.53. The van der Waals surface area contributed by atoms with Gasteiger partial charge in [-0.05, 0) is 33.6 Å². The molecule has 6 nitrogen and oxygen atoms in total. The number of hydrogen-bond donors (Lipinski definition) is 0. The van der Waals surface area contributed by atoms with E-state index in [1.165, 1.54) is 6.07 Å². The number of aromatic nitrogens is 2. The monoisotopic (exact) mass is 401 g/mol. The maximum atomic E-state index is 14.5. The molecule has 0 spiro atoms. The van der Waals surface area contributed by atoms with E-state index in [0.717, 1.165) is 36.5 Å². The van der Waals surface area contributed by atoms with Gasteiger partial charge in [-0.3, -0.25) is 9.88 Å². The van der Waals surface area contributed by atoms with Gasteiger partial charge >= 0.3 is 0 Å². The number of halogens is 1. The zero-order valence-corrected chi connectivity index (χ0v) is 17.3. The second-order valence-corrected chi connectivity index (χ2v) is 8.04. The average molecular weight is 401 g/mol. The van der Waals surface area contributed by atoms with E-state index in [0.29, 0.717) is 55.6 Å². The highest BCUT2D eigenvalue weighted by Gasteiger charge is 2.28. The topological polar surface area (TPSA) is 56.7 Å². The first kappa shape index (κ1) is 19.9. The number of likely N-dealkylation sites (tertiary alicyclic amines) is 1. The smallest absolute Gasteiger partial charge is 0.257 e. The van der Waals surface area contributed by atoms with Crippen LogP contribution in [0.25, 0.3) is 0 Å². The third kappa shape index (κ3) is 4.78. The highest BCUT2D eigenvalue weighted by atomic mass is 19.1. The Hall–Kier alpha value is -2.41. The van der Waals surface area contributed by atoms with Crippen molar-refractivity contribution in [3.05, 3.63) is 41.1 Å². The van der Waals surface area contributed by atoms with Gasteiger partial charge in [0.25, 0.3) is 5.88 Å². The van der Waals surface area contributed by atoms with Gasteiger partial charge in [0, 0.05) is 54.6 Å². The molecular formula is C22H28FN3O3. The molecule has 1 saturated heterocycles. The molecule has 4 rings (SSSR count). The van der Waals surface area contributed by atoms with Crippen LogP contribution in [0.3, 0.4) is 0 Å². The lowest BCUT2D eigenvalue weighted by molar-refractivity contribution is 0.0806. The molecule has 2 aliphatic heterocycles. The molecule has 0 saturated carbocycles. The summed E-state index contributed by atoms with van der Waals surface area (Å²) in [4.78, 5) is 11.0. The fourth-order valence-electron chi connectivity index (χ4n) is 4.00. The van der Waals surface area contributed by atoms with Crippen LogP contribution in [0.4, 0.5) is 4.39 Å². The fourth-order valence-corrected chi connectivity index (χ4v) is 4.00. The lowest BCUT2D eigenvalue weighted by Crippen LogP contribution is -2.43. The Morgan fingerprint density at radius 1 is 1.10 bits per heavy atom. The quantitative estimate of drug-likeness (QED) is 0.762. The second-order valence-electron chi connectivity index (χ2n) is 8.04. The minimum Gasteiger partial charge on any atom is -0.493 e. The zero-order valence-electron chi connectivity index (χ0n) is 17.3. The minimum atomic E-state index is -0.345. The molecule has 0 bridgehead atoms. The zero-order chi connectivity index (χ0) is 20.4. The van der Waals surface area contributed by atoms with Crippen LogP contribution >= 0.6 is 0 Å². The van der Waals surface area contributed by atoms with Crippen molar-refractivity contribution in [3.8, 4) is 17.4 Å². The average Bonchev–Trinajstić information content (AvgIpc) is 2.68. The largest absolute Gasteiger partial charge is 0.493 e. The third-order valence-electron chi connectivity index (χ3n) is 5.56. The summed E-state index contributed by atoms with van der Waals surface area (Å²) in [7, 11) is 0. The van der Waals surface area contributed by atoms with E-state index in [-0.39, 0.29) is 5.82 Å². The Kier molecular flexibility index (Phi) is 5.85. The number of hydrogen-bond acceptors (Lipinski definition) is 6. The predicted molar refractivity (Wildman–Crippen MR) is 107 cm³/mol. The van der Waals surface area contributed by atoms with Crippen molar-refractivity contribution in [2.75, 3.05) is 26.4 Å². The summed E-state index contributed by atoms with van der Waals surface area (Å²) in [6, 6.07) is 5.68. The highest BCUT2D eigenvalue weighted by molar-refractivity contribution is 5.36. The van der Waals surface area contributed by atoms with Crippen LogP contribution < -0.4 is 14.2 Å². The van der Waals surface area contributed by atoms with Crippen molar-refractivity contribution in [2.24, 2.45) is 5.92 Å². The Morgan fingerprint density at radius 3 is 2.66 bits per heavy atom. The van der Waals surface area contributed by atoms with E-state index >= 15 is 0 Å². The van der Waals surface area contributed by atoms with Gasteiger partial charge in [0.2, 0.25) is 0 Å². The molecule has 2 atom stereocenters. The first-order chi connectivity index (χ1) is 14.0. The van der Waals surface area contributed by atoms with Crippen LogP contribution in [0.2, 0.25) is 0 Å². The summed E-state index contributed by atoms with van der Waals surface area (Å²) in [5.41, 5.74) is 2.32. The molecule has 2 aromatic heterocycles. The lowest BCUT2D eigenvalue weighted by atomic mass is 9.94. The number of piperidine rings is 1. The maximum Gasteiger partial charge on any atom is 0.257 e. The van der Waals surface area contributed by atoms with E-state index in [1.807, 2.05) is 26.0 Å². The Morgan fingerprint density at radius 2 is 1.86 bits per heavy atom. The first-order valence-corrected chi connectivity index (χ1v) is 10.2. The van der Waals surface area contributed by atoms with Gasteiger partial charge in [-0.1, -0.05) is 0 Å². The molecule has 0 aliphatic carbocycles. The number of aryl methyl sites for hydroxylation is 2. The summed E-state index contributed by atoms with van der Waals surface area (Å²) < 4.78 is 31.5. The fraction of sp³-hybridized carbons (Fsp3) is 0.545. The van der Waals surface area contributed by atoms with Gasteiger partial charge in [0.15, 0.2) is 5.75 Å².